The van der Waals surface area contributed by atoms with E-state index in [1.165, 1.54) is 12.1 Å². The summed E-state index contributed by atoms with van der Waals surface area (Å²) in [5.74, 6) is -1.82. The molecule has 11 nitrogen and oxygen atoms in total. The summed E-state index contributed by atoms with van der Waals surface area (Å²) in [6.45, 7) is 8.53. The molecule has 1 aromatic heterocycles. The summed E-state index contributed by atoms with van der Waals surface area (Å²) in [6.07, 6.45) is 0.256. The van der Waals surface area contributed by atoms with Gasteiger partial charge < -0.3 is 14.8 Å². The molecule has 2 aromatic rings. The second-order valence-electron chi connectivity index (χ2n) is 8.00. The van der Waals surface area contributed by atoms with Crippen LogP contribution in [0.2, 0.25) is 0 Å². The third-order valence-electron chi connectivity index (χ3n) is 3.83. The predicted molar refractivity (Wildman–Crippen MR) is 117 cm³/mol. The average molecular weight is 465 g/mol. The number of rotatable bonds is 7. The molecule has 0 aliphatic heterocycles. The Kier molecular flexibility index (Phi) is 7.87. The van der Waals surface area contributed by atoms with Crippen molar-refractivity contribution in [2.75, 3.05) is 5.32 Å². The van der Waals surface area contributed by atoms with Crippen molar-refractivity contribution in [2.24, 2.45) is 5.92 Å². The molecule has 0 saturated heterocycles. The summed E-state index contributed by atoms with van der Waals surface area (Å²) < 4.78 is 10.6. The summed E-state index contributed by atoms with van der Waals surface area (Å²) in [6, 6.07) is 4.95. The van der Waals surface area contributed by atoms with E-state index in [1.54, 1.807) is 46.8 Å². The standard InChI is InChI=1S/C20H24N4O7S/c1-11(2)15(22-19(27)31-20(3,4)5)17(26)30-13-9-7-6-8-12(13)16(25)23-18-21-10-14(32-18)24(28)29/h6-11,15H,1-5H3,(H,22,27)(H,21,23,25). The van der Waals surface area contributed by atoms with E-state index in [0.717, 1.165) is 6.20 Å². The number of nitro groups is 1. The molecule has 0 spiro atoms. The van der Waals surface area contributed by atoms with E-state index >= 15 is 0 Å². The van der Waals surface area contributed by atoms with E-state index in [2.05, 4.69) is 15.6 Å². The molecule has 1 aromatic carbocycles. The van der Waals surface area contributed by atoms with Gasteiger partial charge in [-0.05, 0) is 50.2 Å². The number of carbonyl (C=O) groups excluding carboxylic acids is 3. The molecular formula is C20H24N4O7S. The summed E-state index contributed by atoms with van der Waals surface area (Å²) in [7, 11) is 0. The average Bonchev–Trinajstić information content (AvgIpc) is 3.13. The first-order chi connectivity index (χ1) is 14.9. The molecule has 0 aliphatic carbocycles. The van der Waals surface area contributed by atoms with Crippen LogP contribution in [0.5, 0.6) is 5.75 Å². The number of para-hydroxylation sites is 1. The number of carbonyl (C=O) groups is 3. The van der Waals surface area contributed by atoms with Crippen LogP contribution in [0, 0.1) is 16.0 Å². The van der Waals surface area contributed by atoms with Crippen LogP contribution in [0.4, 0.5) is 14.9 Å². The van der Waals surface area contributed by atoms with E-state index in [1.807, 2.05) is 0 Å². The summed E-state index contributed by atoms with van der Waals surface area (Å²) >= 11 is 0.692. The van der Waals surface area contributed by atoms with Gasteiger partial charge in [0.25, 0.3) is 5.91 Å². The molecule has 2 N–H and O–H groups in total. The lowest BCUT2D eigenvalue weighted by Crippen LogP contribution is -2.48. The first-order valence-corrected chi connectivity index (χ1v) is 10.4. The molecule has 1 heterocycles. The number of alkyl carbamates (subject to hydrolysis) is 1. The van der Waals surface area contributed by atoms with E-state index in [0.29, 0.717) is 11.3 Å². The highest BCUT2D eigenvalue weighted by molar-refractivity contribution is 7.18. The van der Waals surface area contributed by atoms with Gasteiger partial charge in [-0.3, -0.25) is 20.2 Å². The predicted octanol–water partition coefficient (Wildman–Crippen LogP) is 3.76. The minimum Gasteiger partial charge on any atom is -0.444 e. The molecule has 0 radical (unpaired) electrons. The van der Waals surface area contributed by atoms with Gasteiger partial charge in [-0.15, -0.1) is 0 Å². The number of hydrogen-bond donors (Lipinski definition) is 2. The van der Waals surface area contributed by atoms with Gasteiger partial charge in [0.1, 0.15) is 23.6 Å². The molecule has 12 heteroatoms. The number of ether oxygens (including phenoxy) is 2. The van der Waals surface area contributed by atoms with E-state index in [4.69, 9.17) is 9.47 Å². The number of benzene rings is 1. The van der Waals surface area contributed by atoms with Crippen LogP contribution in [0.25, 0.3) is 0 Å². The lowest BCUT2D eigenvalue weighted by Gasteiger charge is -2.24. The maximum Gasteiger partial charge on any atom is 0.408 e. The fourth-order valence-corrected chi connectivity index (χ4v) is 3.05. The van der Waals surface area contributed by atoms with E-state index < -0.39 is 34.5 Å². The highest BCUT2D eigenvalue weighted by Gasteiger charge is 2.29. The fraction of sp³-hybridized carbons (Fsp3) is 0.400. The molecule has 2 amide bonds. The van der Waals surface area contributed by atoms with Gasteiger partial charge in [0.15, 0.2) is 5.13 Å². The molecular weight excluding hydrogens is 440 g/mol. The Morgan fingerprint density at radius 2 is 1.84 bits per heavy atom. The number of nitrogens with one attached hydrogen (secondary N) is 2. The minimum atomic E-state index is -1.03. The Balaban J connectivity index is 2.15. The van der Waals surface area contributed by atoms with Gasteiger partial charge in [-0.25, -0.2) is 14.6 Å². The van der Waals surface area contributed by atoms with E-state index in [-0.39, 0.29) is 27.4 Å². The summed E-state index contributed by atoms with van der Waals surface area (Å²) in [5.41, 5.74) is -0.732. The largest absolute Gasteiger partial charge is 0.444 e. The van der Waals surface area contributed by atoms with Crippen molar-refractivity contribution in [1.82, 2.24) is 10.3 Å². The van der Waals surface area contributed by atoms with Gasteiger partial charge in [-0.2, -0.15) is 0 Å². The maximum atomic E-state index is 12.8. The van der Waals surface area contributed by atoms with Crippen molar-refractivity contribution < 1.29 is 28.8 Å². The Bertz CT molecular complexity index is 1010. The number of aromatic nitrogens is 1. The van der Waals surface area contributed by atoms with Crippen LogP contribution >= 0.6 is 11.3 Å². The zero-order chi connectivity index (χ0) is 24.1. The molecule has 0 bridgehead atoms. The first-order valence-electron chi connectivity index (χ1n) is 9.59. The van der Waals surface area contributed by atoms with Crippen LogP contribution in [0.15, 0.2) is 30.5 Å². The minimum absolute atomic E-state index is 0.0125. The highest BCUT2D eigenvalue weighted by atomic mass is 32.1. The van der Waals surface area contributed by atoms with Crippen molar-refractivity contribution in [2.45, 2.75) is 46.3 Å². The quantitative estimate of drug-likeness (QED) is 0.272. The number of thiazole rings is 1. The van der Waals surface area contributed by atoms with Gasteiger partial charge >= 0.3 is 17.1 Å². The molecule has 1 unspecified atom stereocenters. The highest BCUT2D eigenvalue weighted by Crippen LogP contribution is 2.27. The van der Waals surface area contributed by atoms with Gasteiger partial charge in [0.05, 0.1) is 10.5 Å². The topological polar surface area (TPSA) is 150 Å². The summed E-state index contributed by atoms with van der Waals surface area (Å²) in [5, 5.41) is 15.5. The molecule has 1 atom stereocenters. The van der Waals surface area contributed by atoms with Gasteiger partial charge in [0.2, 0.25) is 0 Å². The molecule has 0 saturated carbocycles. The fourth-order valence-electron chi connectivity index (χ4n) is 2.42. The van der Waals surface area contributed by atoms with Crippen LogP contribution in [0.3, 0.4) is 0 Å². The molecule has 2 rings (SSSR count). The van der Waals surface area contributed by atoms with Crippen LogP contribution in [-0.2, 0) is 9.53 Å². The van der Waals surface area contributed by atoms with Crippen LogP contribution < -0.4 is 15.4 Å². The smallest absolute Gasteiger partial charge is 0.408 e. The zero-order valence-electron chi connectivity index (χ0n) is 18.2. The van der Waals surface area contributed by atoms with E-state index in [9.17, 15) is 24.5 Å². The Morgan fingerprint density at radius 1 is 1.19 bits per heavy atom. The number of esters is 1. The molecule has 0 fully saturated rings. The Labute approximate surface area is 188 Å². The second kappa shape index (κ2) is 10.2. The van der Waals surface area contributed by atoms with Crippen molar-refractivity contribution >= 4 is 39.4 Å². The van der Waals surface area contributed by atoms with Gasteiger partial charge in [0, 0.05) is 0 Å². The van der Waals surface area contributed by atoms with Crippen molar-refractivity contribution in [1.29, 1.82) is 0 Å². The number of hydrogen-bond acceptors (Lipinski definition) is 9. The number of anilines is 1. The van der Waals surface area contributed by atoms with Crippen LogP contribution in [-0.4, -0.2) is 39.5 Å². The number of amides is 2. The maximum absolute atomic E-state index is 12.8. The Hall–Kier alpha value is -3.54. The van der Waals surface area contributed by atoms with Crippen molar-refractivity contribution in [3.05, 3.63) is 46.1 Å². The summed E-state index contributed by atoms with van der Waals surface area (Å²) in [4.78, 5) is 51.4. The third kappa shape index (κ3) is 7.01. The SMILES string of the molecule is CC(C)C(NC(=O)OC(C)(C)C)C(=O)Oc1ccccc1C(=O)Nc1ncc([N+](=O)[O-])s1. The van der Waals surface area contributed by atoms with Crippen molar-refractivity contribution in [3.8, 4) is 5.75 Å². The monoisotopic (exact) mass is 464 g/mol. The Morgan fingerprint density at radius 3 is 2.41 bits per heavy atom. The lowest BCUT2D eigenvalue weighted by molar-refractivity contribution is -0.380. The second-order valence-corrected chi connectivity index (χ2v) is 9.01. The zero-order valence-corrected chi connectivity index (χ0v) is 19.0. The third-order valence-corrected chi connectivity index (χ3v) is 4.69. The lowest BCUT2D eigenvalue weighted by atomic mass is 10.0. The van der Waals surface area contributed by atoms with Crippen molar-refractivity contribution in [3.63, 3.8) is 0 Å². The molecule has 32 heavy (non-hydrogen) atoms. The normalized spacial score (nSPS) is 12.1. The molecule has 172 valence electrons. The van der Waals surface area contributed by atoms with Crippen LogP contribution in [0.1, 0.15) is 45.0 Å². The number of nitrogens with zero attached hydrogens (tertiary/aromatic N) is 2. The molecule has 0 aliphatic rings. The van der Waals surface area contributed by atoms with Gasteiger partial charge in [-0.1, -0.05) is 26.0 Å². The first kappa shape index (κ1) is 24.7.